The Morgan fingerprint density at radius 1 is 1.05 bits per heavy atom. The predicted molar refractivity (Wildman–Crippen MR) is 84.9 cm³/mol. The van der Waals surface area contributed by atoms with Gasteiger partial charge < -0.3 is 15.3 Å². The molecule has 0 bridgehead atoms. The van der Waals surface area contributed by atoms with Crippen LogP contribution in [-0.4, -0.2) is 33.8 Å². The fourth-order valence-corrected chi connectivity index (χ4v) is 3.25. The molecule has 4 heteroatoms. The van der Waals surface area contributed by atoms with Crippen molar-refractivity contribution in [2.75, 3.05) is 13.6 Å². The summed E-state index contributed by atoms with van der Waals surface area (Å²) in [6, 6.07) is 13.5. The third-order valence-corrected chi connectivity index (χ3v) is 4.44. The van der Waals surface area contributed by atoms with E-state index in [9.17, 15) is 15.3 Å². The zero-order valence-electron chi connectivity index (χ0n) is 12.6. The zero-order valence-corrected chi connectivity index (χ0v) is 12.6. The van der Waals surface area contributed by atoms with Crippen LogP contribution < -0.4 is 0 Å². The van der Waals surface area contributed by atoms with E-state index in [0.29, 0.717) is 12.1 Å². The van der Waals surface area contributed by atoms with E-state index in [1.54, 1.807) is 6.07 Å². The van der Waals surface area contributed by atoms with Gasteiger partial charge in [0.2, 0.25) is 0 Å². The first-order valence-corrected chi connectivity index (χ1v) is 7.54. The van der Waals surface area contributed by atoms with Crippen molar-refractivity contribution in [3.8, 4) is 11.5 Å². The fourth-order valence-electron chi connectivity index (χ4n) is 3.25. The summed E-state index contributed by atoms with van der Waals surface area (Å²) >= 11 is 0. The summed E-state index contributed by atoms with van der Waals surface area (Å²) < 4.78 is 0. The largest absolute Gasteiger partial charge is 0.504 e. The molecule has 116 valence electrons. The number of rotatable bonds is 3. The molecule has 1 aliphatic rings. The van der Waals surface area contributed by atoms with Crippen LogP contribution in [0, 0.1) is 0 Å². The van der Waals surface area contributed by atoms with E-state index in [4.69, 9.17) is 0 Å². The highest BCUT2D eigenvalue weighted by molar-refractivity contribution is 5.48. The van der Waals surface area contributed by atoms with E-state index in [-0.39, 0.29) is 17.5 Å². The highest BCUT2D eigenvalue weighted by atomic mass is 16.3. The van der Waals surface area contributed by atoms with E-state index in [0.717, 1.165) is 18.4 Å². The van der Waals surface area contributed by atoms with Gasteiger partial charge in [0.05, 0.1) is 6.10 Å². The number of benzene rings is 2. The van der Waals surface area contributed by atoms with Crippen molar-refractivity contribution in [1.29, 1.82) is 0 Å². The number of phenols is 2. The highest BCUT2D eigenvalue weighted by Crippen LogP contribution is 2.41. The first-order chi connectivity index (χ1) is 10.6. The van der Waals surface area contributed by atoms with Gasteiger partial charge in [0.15, 0.2) is 11.5 Å². The Labute approximate surface area is 130 Å². The second-order valence-electron chi connectivity index (χ2n) is 5.97. The number of hydrogen-bond donors (Lipinski definition) is 3. The number of phenolic OH excluding ortho intramolecular Hbond substituents is 2. The maximum absolute atomic E-state index is 10.2. The molecular formula is C18H21NO3. The second kappa shape index (κ2) is 5.99. The molecule has 0 radical (unpaired) electrons. The minimum atomic E-state index is -0.639. The van der Waals surface area contributed by atoms with Crippen LogP contribution >= 0.6 is 0 Å². The lowest BCUT2D eigenvalue weighted by atomic mass is 9.87. The maximum atomic E-state index is 10.2. The number of fused-ring (bicyclic) bond motifs is 1. The SMILES string of the molecule is CN1C[C@H](O)c2cc(O)c(O)cc2C1CCc1ccccc1. The lowest BCUT2D eigenvalue weighted by Gasteiger charge is -2.37. The van der Waals surface area contributed by atoms with Crippen LogP contribution in [-0.2, 0) is 6.42 Å². The summed E-state index contributed by atoms with van der Waals surface area (Å²) in [6.45, 7) is 0.524. The van der Waals surface area contributed by atoms with E-state index in [2.05, 4.69) is 17.0 Å². The Bertz CT molecular complexity index is 657. The topological polar surface area (TPSA) is 63.9 Å². The summed E-state index contributed by atoms with van der Waals surface area (Å²) in [5.74, 6) is -0.310. The molecule has 4 nitrogen and oxygen atoms in total. The van der Waals surface area contributed by atoms with Crippen LogP contribution in [0.3, 0.4) is 0 Å². The van der Waals surface area contributed by atoms with Crippen molar-refractivity contribution in [2.24, 2.45) is 0 Å². The van der Waals surface area contributed by atoms with Gasteiger partial charge in [0.25, 0.3) is 0 Å². The molecule has 2 aromatic rings. The summed E-state index contributed by atoms with van der Waals surface area (Å²) in [4.78, 5) is 2.10. The average Bonchev–Trinajstić information content (AvgIpc) is 2.50. The van der Waals surface area contributed by atoms with Crippen molar-refractivity contribution in [3.63, 3.8) is 0 Å². The van der Waals surface area contributed by atoms with Crippen LogP contribution in [0.4, 0.5) is 0 Å². The Morgan fingerprint density at radius 2 is 1.68 bits per heavy atom. The predicted octanol–water partition coefficient (Wildman–Crippen LogP) is 2.75. The number of aliphatic hydroxyl groups is 1. The number of likely N-dealkylation sites (N-methyl/N-ethyl adjacent to an activating group) is 1. The minimum Gasteiger partial charge on any atom is -0.504 e. The number of hydrogen-bond acceptors (Lipinski definition) is 4. The van der Waals surface area contributed by atoms with E-state index < -0.39 is 6.10 Å². The third kappa shape index (κ3) is 2.80. The summed E-state index contributed by atoms with van der Waals surface area (Å²) in [5, 5.41) is 29.7. The molecule has 3 rings (SSSR count). The number of aromatic hydroxyl groups is 2. The minimum absolute atomic E-state index is 0.116. The average molecular weight is 299 g/mol. The van der Waals surface area contributed by atoms with Gasteiger partial charge in [-0.05, 0) is 48.7 Å². The highest BCUT2D eigenvalue weighted by Gasteiger charge is 2.31. The molecule has 0 saturated heterocycles. The van der Waals surface area contributed by atoms with Gasteiger partial charge in [-0.15, -0.1) is 0 Å². The molecule has 0 saturated carbocycles. The number of β-amino-alcohol motifs (C(OH)–C–C–N with tert-alkyl or cyclic N) is 1. The molecule has 2 aromatic carbocycles. The van der Waals surface area contributed by atoms with E-state index in [1.807, 2.05) is 25.2 Å². The molecule has 0 aromatic heterocycles. The van der Waals surface area contributed by atoms with Crippen LogP contribution in [0.15, 0.2) is 42.5 Å². The molecular weight excluding hydrogens is 278 g/mol. The standard InChI is InChI=1S/C18H21NO3/c1-19-11-18(22)14-10-17(21)16(20)9-13(14)15(19)8-7-12-5-3-2-4-6-12/h2-6,9-10,15,18,20-22H,7-8,11H2,1H3/t15?,18-/m0/s1. The molecule has 0 spiro atoms. The van der Waals surface area contributed by atoms with Crippen molar-refractivity contribution in [3.05, 3.63) is 59.2 Å². The van der Waals surface area contributed by atoms with Crippen LogP contribution in [0.25, 0.3) is 0 Å². The van der Waals surface area contributed by atoms with Gasteiger partial charge in [-0.1, -0.05) is 30.3 Å². The molecule has 1 aliphatic heterocycles. The van der Waals surface area contributed by atoms with E-state index in [1.165, 1.54) is 11.6 Å². The summed E-state index contributed by atoms with van der Waals surface area (Å²) in [7, 11) is 1.98. The van der Waals surface area contributed by atoms with Crippen LogP contribution in [0.1, 0.15) is 35.3 Å². The molecule has 1 unspecified atom stereocenters. The third-order valence-electron chi connectivity index (χ3n) is 4.44. The van der Waals surface area contributed by atoms with E-state index >= 15 is 0 Å². The van der Waals surface area contributed by atoms with Crippen molar-refractivity contribution >= 4 is 0 Å². The molecule has 0 amide bonds. The lowest BCUT2D eigenvalue weighted by Crippen LogP contribution is -2.35. The van der Waals surface area contributed by atoms with Gasteiger partial charge in [0, 0.05) is 12.6 Å². The van der Waals surface area contributed by atoms with Gasteiger partial charge >= 0.3 is 0 Å². The Morgan fingerprint density at radius 3 is 2.36 bits per heavy atom. The lowest BCUT2D eigenvalue weighted by molar-refractivity contribution is 0.0805. The van der Waals surface area contributed by atoms with Crippen molar-refractivity contribution in [1.82, 2.24) is 4.90 Å². The molecule has 0 fully saturated rings. The van der Waals surface area contributed by atoms with Gasteiger partial charge in [-0.3, -0.25) is 4.90 Å². The van der Waals surface area contributed by atoms with Crippen molar-refractivity contribution < 1.29 is 15.3 Å². The monoisotopic (exact) mass is 299 g/mol. The number of aliphatic hydroxyl groups excluding tert-OH is 1. The first kappa shape index (κ1) is 14.9. The molecule has 0 aliphatic carbocycles. The van der Waals surface area contributed by atoms with Gasteiger partial charge in [-0.25, -0.2) is 0 Å². The first-order valence-electron chi connectivity index (χ1n) is 7.54. The smallest absolute Gasteiger partial charge is 0.157 e. The molecule has 22 heavy (non-hydrogen) atoms. The van der Waals surface area contributed by atoms with Crippen LogP contribution in [0.2, 0.25) is 0 Å². The van der Waals surface area contributed by atoms with Gasteiger partial charge in [-0.2, -0.15) is 0 Å². The van der Waals surface area contributed by atoms with Crippen molar-refractivity contribution in [2.45, 2.75) is 25.0 Å². The quantitative estimate of drug-likeness (QED) is 0.763. The molecule has 1 heterocycles. The number of aryl methyl sites for hydroxylation is 1. The zero-order chi connectivity index (χ0) is 15.7. The Balaban J connectivity index is 1.88. The van der Waals surface area contributed by atoms with Gasteiger partial charge in [0.1, 0.15) is 0 Å². The van der Waals surface area contributed by atoms with Crippen LogP contribution in [0.5, 0.6) is 11.5 Å². The Hall–Kier alpha value is -2.04. The second-order valence-corrected chi connectivity index (χ2v) is 5.97. The normalized spacial score (nSPS) is 21.5. The summed E-state index contributed by atoms with van der Waals surface area (Å²) in [6.07, 6.45) is 1.18. The Kier molecular flexibility index (Phi) is 4.05. The fraction of sp³-hybridized carbons (Fsp3) is 0.333. The maximum Gasteiger partial charge on any atom is 0.157 e. The molecule has 2 atom stereocenters. The number of nitrogens with zero attached hydrogens (tertiary/aromatic N) is 1. The molecule has 3 N–H and O–H groups in total. The summed E-state index contributed by atoms with van der Waals surface area (Å²) in [5.41, 5.74) is 2.88.